The van der Waals surface area contributed by atoms with E-state index >= 15 is 0 Å². The van der Waals surface area contributed by atoms with Crippen molar-refractivity contribution in [2.24, 2.45) is 0 Å². The van der Waals surface area contributed by atoms with E-state index in [0.717, 1.165) is 19.0 Å². The number of aromatic nitrogens is 2. The number of nitrogens with two attached hydrogens (primary N) is 1. The van der Waals surface area contributed by atoms with Crippen LogP contribution in [0.25, 0.3) is 0 Å². The van der Waals surface area contributed by atoms with Crippen LogP contribution >= 0.6 is 0 Å². The Morgan fingerprint density at radius 1 is 1.69 bits per heavy atom. The third kappa shape index (κ3) is 2.35. The van der Waals surface area contributed by atoms with Crippen molar-refractivity contribution >= 4 is 11.5 Å². The number of nitrogens with one attached hydrogen (secondary N) is 1. The van der Waals surface area contributed by atoms with Crippen molar-refractivity contribution in [2.45, 2.75) is 13.5 Å². The van der Waals surface area contributed by atoms with E-state index in [1.807, 2.05) is 14.0 Å². The van der Waals surface area contributed by atoms with Crippen LogP contribution in [0.1, 0.15) is 6.92 Å². The summed E-state index contributed by atoms with van der Waals surface area (Å²) in [4.78, 5) is 0. The first-order valence-corrected chi connectivity index (χ1v) is 4.36. The maximum atomic E-state index is 5.67. The monoisotopic (exact) mass is 184 g/mol. The number of ether oxygens (including phenoxy) is 1. The zero-order valence-electron chi connectivity index (χ0n) is 8.08. The minimum Gasteiger partial charge on any atom is -0.394 e. The molecule has 3 N–H and O–H groups in total. The summed E-state index contributed by atoms with van der Waals surface area (Å²) < 4.78 is 7.01. The van der Waals surface area contributed by atoms with E-state index in [1.54, 1.807) is 10.9 Å². The summed E-state index contributed by atoms with van der Waals surface area (Å²) in [5.74, 6) is 0.847. The van der Waals surface area contributed by atoms with Crippen LogP contribution in [0.2, 0.25) is 0 Å². The Kier molecular flexibility index (Phi) is 3.57. The van der Waals surface area contributed by atoms with Gasteiger partial charge in [0, 0.05) is 13.7 Å². The molecule has 0 saturated heterocycles. The molecule has 5 heteroatoms. The summed E-state index contributed by atoms with van der Waals surface area (Å²) in [5.41, 5.74) is 6.34. The highest BCUT2D eigenvalue weighted by Gasteiger charge is 2.04. The fourth-order valence-corrected chi connectivity index (χ4v) is 1.14. The van der Waals surface area contributed by atoms with Gasteiger partial charge in [-0.3, -0.25) is 0 Å². The molecule has 0 unspecified atom stereocenters. The van der Waals surface area contributed by atoms with Crippen molar-refractivity contribution in [2.75, 3.05) is 31.3 Å². The Labute approximate surface area is 77.9 Å². The fourth-order valence-electron chi connectivity index (χ4n) is 1.14. The predicted molar refractivity (Wildman–Crippen MR) is 52.7 cm³/mol. The lowest BCUT2D eigenvalue weighted by atomic mass is 10.5. The van der Waals surface area contributed by atoms with Crippen LogP contribution in [-0.2, 0) is 11.3 Å². The van der Waals surface area contributed by atoms with E-state index in [-0.39, 0.29) is 0 Å². The summed E-state index contributed by atoms with van der Waals surface area (Å²) in [6.07, 6.45) is 1.64. The first-order chi connectivity index (χ1) is 6.29. The van der Waals surface area contributed by atoms with Crippen molar-refractivity contribution in [1.29, 1.82) is 0 Å². The standard InChI is InChI=1S/C8H16N4O/c1-3-13-5-4-12-8(10-2)7(9)6-11-12/h6,10H,3-5,9H2,1-2H3. The molecule has 0 amide bonds. The normalized spacial score (nSPS) is 10.3. The third-order valence-corrected chi connectivity index (χ3v) is 1.76. The molecule has 5 nitrogen and oxygen atoms in total. The Hall–Kier alpha value is -1.23. The molecule has 0 saturated carbocycles. The molecule has 0 bridgehead atoms. The van der Waals surface area contributed by atoms with Crippen molar-refractivity contribution in [3.05, 3.63) is 6.20 Å². The molecule has 0 aromatic carbocycles. The zero-order chi connectivity index (χ0) is 9.68. The summed E-state index contributed by atoms with van der Waals surface area (Å²) in [5, 5.41) is 7.10. The molecular weight excluding hydrogens is 168 g/mol. The average molecular weight is 184 g/mol. The molecule has 13 heavy (non-hydrogen) atoms. The molecular formula is C8H16N4O. The Balaban J connectivity index is 2.55. The number of rotatable bonds is 5. The van der Waals surface area contributed by atoms with Gasteiger partial charge in [-0.15, -0.1) is 0 Å². The van der Waals surface area contributed by atoms with Crippen molar-refractivity contribution < 1.29 is 4.74 Å². The molecule has 0 fully saturated rings. The Bertz CT molecular complexity index is 259. The number of nitrogen functional groups attached to an aromatic ring is 1. The number of anilines is 2. The van der Waals surface area contributed by atoms with Gasteiger partial charge in [-0.1, -0.05) is 0 Å². The van der Waals surface area contributed by atoms with Crippen LogP contribution in [0.15, 0.2) is 6.20 Å². The maximum Gasteiger partial charge on any atom is 0.147 e. The molecule has 1 heterocycles. The molecule has 1 rings (SSSR count). The summed E-state index contributed by atoms with van der Waals surface area (Å²) in [6, 6.07) is 0. The molecule has 0 aliphatic carbocycles. The van der Waals surface area contributed by atoms with Crippen LogP contribution in [0, 0.1) is 0 Å². The fraction of sp³-hybridized carbons (Fsp3) is 0.625. The van der Waals surface area contributed by atoms with Gasteiger partial charge in [0.2, 0.25) is 0 Å². The molecule has 0 radical (unpaired) electrons. The third-order valence-electron chi connectivity index (χ3n) is 1.76. The van der Waals surface area contributed by atoms with Crippen LogP contribution in [0.4, 0.5) is 11.5 Å². The molecule has 1 aromatic rings. The van der Waals surface area contributed by atoms with E-state index in [9.17, 15) is 0 Å². The highest BCUT2D eigenvalue weighted by molar-refractivity contribution is 5.60. The molecule has 0 atom stereocenters. The Morgan fingerprint density at radius 3 is 3.08 bits per heavy atom. The van der Waals surface area contributed by atoms with Crippen molar-refractivity contribution in [3.8, 4) is 0 Å². The highest BCUT2D eigenvalue weighted by Crippen LogP contribution is 2.15. The topological polar surface area (TPSA) is 65.1 Å². The van der Waals surface area contributed by atoms with E-state index in [4.69, 9.17) is 10.5 Å². The van der Waals surface area contributed by atoms with Gasteiger partial charge < -0.3 is 15.8 Å². The van der Waals surface area contributed by atoms with E-state index in [0.29, 0.717) is 12.3 Å². The lowest BCUT2D eigenvalue weighted by Gasteiger charge is -2.06. The number of nitrogens with zero attached hydrogens (tertiary/aromatic N) is 2. The predicted octanol–water partition coefficient (Wildman–Crippen LogP) is 0.543. The van der Waals surface area contributed by atoms with Gasteiger partial charge in [-0.05, 0) is 6.92 Å². The van der Waals surface area contributed by atoms with Gasteiger partial charge in [0.25, 0.3) is 0 Å². The van der Waals surface area contributed by atoms with Crippen LogP contribution in [-0.4, -0.2) is 30.0 Å². The van der Waals surface area contributed by atoms with Crippen LogP contribution in [0.5, 0.6) is 0 Å². The van der Waals surface area contributed by atoms with Crippen LogP contribution < -0.4 is 11.1 Å². The van der Waals surface area contributed by atoms with Gasteiger partial charge in [-0.2, -0.15) is 5.10 Å². The van der Waals surface area contributed by atoms with Gasteiger partial charge in [0.1, 0.15) is 5.82 Å². The highest BCUT2D eigenvalue weighted by atomic mass is 16.5. The lowest BCUT2D eigenvalue weighted by Crippen LogP contribution is -2.10. The molecule has 0 aliphatic rings. The quantitative estimate of drug-likeness (QED) is 0.656. The molecule has 0 aliphatic heterocycles. The smallest absolute Gasteiger partial charge is 0.147 e. The maximum absolute atomic E-state index is 5.67. The molecule has 1 aromatic heterocycles. The van der Waals surface area contributed by atoms with E-state index in [1.165, 1.54) is 0 Å². The van der Waals surface area contributed by atoms with Gasteiger partial charge in [0.15, 0.2) is 0 Å². The average Bonchev–Trinajstić information content (AvgIpc) is 2.47. The van der Waals surface area contributed by atoms with Crippen molar-refractivity contribution in [1.82, 2.24) is 9.78 Å². The lowest BCUT2D eigenvalue weighted by molar-refractivity contribution is 0.137. The summed E-state index contributed by atoms with van der Waals surface area (Å²) in [6.45, 7) is 4.08. The molecule has 74 valence electrons. The van der Waals surface area contributed by atoms with E-state index in [2.05, 4.69) is 10.4 Å². The van der Waals surface area contributed by atoms with Gasteiger partial charge in [0.05, 0.1) is 25.0 Å². The first-order valence-electron chi connectivity index (χ1n) is 4.36. The van der Waals surface area contributed by atoms with Gasteiger partial charge >= 0.3 is 0 Å². The van der Waals surface area contributed by atoms with Gasteiger partial charge in [-0.25, -0.2) is 4.68 Å². The summed E-state index contributed by atoms with van der Waals surface area (Å²) in [7, 11) is 1.82. The summed E-state index contributed by atoms with van der Waals surface area (Å²) >= 11 is 0. The number of hydrogen-bond acceptors (Lipinski definition) is 4. The second kappa shape index (κ2) is 4.71. The number of hydrogen-bond donors (Lipinski definition) is 2. The SMILES string of the molecule is CCOCCn1ncc(N)c1NC. The van der Waals surface area contributed by atoms with E-state index < -0.39 is 0 Å². The minimum absolute atomic E-state index is 0.659. The van der Waals surface area contributed by atoms with Crippen molar-refractivity contribution in [3.63, 3.8) is 0 Å². The first kappa shape index (κ1) is 9.85. The van der Waals surface area contributed by atoms with Crippen LogP contribution in [0.3, 0.4) is 0 Å². The molecule has 0 spiro atoms. The largest absolute Gasteiger partial charge is 0.394 e. The zero-order valence-corrected chi connectivity index (χ0v) is 8.08. The second-order valence-corrected chi connectivity index (χ2v) is 2.62. The second-order valence-electron chi connectivity index (χ2n) is 2.62. The minimum atomic E-state index is 0.659. The Morgan fingerprint density at radius 2 is 2.46 bits per heavy atom.